The summed E-state index contributed by atoms with van der Waals surface area (Å²) in [5.41, 5.74) is 0. The fourth-order valence-electron chi connectivity index (χ4n) is 1.67. The molecule has 0 saturated heterocycles. The summed E-state index contributed by atoms with van der Waals surface area (Å²) in [4.78, 5) is 20.8. The first-order valence-electron chi connectivity index (χ1n) is 5.40. The van der Waals surface area contributed by atoms with Crippen LogP contribution in [0.15, 0.2) is 46.2 Å². The van der Waals surface area contributed by atoms with E-state index in [0.29, 0.717) is 9.79 Å². The molecule has 2 aromatic carbocycles. The normalized spacial score (nSPS) is 12.0. The molecule has 114 valence electrons. The third-order valence-corrected chi connectivity index (χ3v) is 10.0. The van der Waals surface area contributed by atoms with Crippen molar-refractivity contribution in [3.05, 3.63) is 56.5 Å². The lowest BCUT2D eigenvalue weighted by molar-refractivity contribution is 0.499. The Labute approximate surface area is 149 Å². The Hall–Kier alpha value is 0.590. The highest BCUT2D eigenvalue weighted by Crippen LogP contribution is 2.56. The zero-order valence-corrected chi connectivity index (χ0v) is 15.6. The van der Waals surface area contributed by atoms with Gasteiger partial charge in [0.1, 0.15) is 0 Å². The van der Waals surface area contributed by atoms with Gasteiger partial charge in [0.25, 0.3) is 0 Å². The number of rotatable bonds is 2. The third kappa shape index (κ3) is 3.92. The first-order valence-corrected chi connectivity index (χ1v) is 11.3. The van der Waals surface area contributed by atoms with E-state index in [9.17, 15) is 9.79 Å². The minimum atomic E-state index is -3.92. The van der Waals surface area contributed by atoms with Crippen molar-refractivity contribution in [2.75, 3.05) is 0 Å². The topological polar surface area (TPSA) is 40.5 Å². The predicted molar refractivity (Wildman–Crippen MR) is 94.0 cm³/mol. The Kier molecular flexibility index (Phi) is 5.98. The molecule has 9 heteroatoms. The first-order chi connectivity index (χ1) is 9.73. The van der Waals surface area contributed by atoms with E-state index in [1.54, 1.807) is 36.4 Å². The predicted octanol–water partition coefficient (Wildman–Crippen LogP) is 6.24. The van der Waals surface area contributed by atoms with E-state index in [1.165, 1.54) is 0 Å². The Balaban J connectivity index is 2.93. The lowest BCUT2D eigenvalue weighted by atomic mass is 10.3. The van der Waals surface area contributed by atoms with Crippen LogP contribution in [0, 0.1) is 0 Å². The van der Waals surface area contributed by atoms with Gasteiger partial charge >= 0.3 is 0 Å². The molecule has 0 fully saturated rings. The molecule has 0 aliphatic heterocycles. The van der Waals surface area contributed by atoms with E-state index >= 15 is 0 Å². The summed E-state index contributed by atoms with van der Waals surface area (Å²) in [6.07, 6.45) is 0. The highest BCUT2D eigenvalue weighted by Gasteiger charge is 2.25. The summed E-state index contributed by atoms with van der Waals surface area (Å²) in [5.74, 6) is -3.92. The fourth-order valence-corrected chi connectivity index (χ4v) is 9.53. The summed E-state index contributed by atoms with van der Waals surface area (Å²) in [6.45, 7) is 0. The van der Waals surface area contributed by atoms with Gasteiger partial charge in [-0.05, 0) is 35.5 Å². The van der Waals surface area contributed by atoms with Crippen molar-refractivity contribution in [3.8, 4) is 0 Å². The van der Waals surface area contributed by atoms with Crippen molar-refractivity contribution in [2.24, 2.45) is 0 Å². The second kappa shape index (κ2) is 7.00. The summed E-state index contributed by atoms with van der Waals surface area (Å²) < 4.78 is 0. The van der Waals surface area contributed by atoms with Crippen molar-refractivity contribution >= 4 is 73.6 Å². The van der Waals surface area contributed by atoms with E-state index < -0.39 is 15.9 Å². The Morgan fingerprint density at radius 1 is 0.714 bits per heavy atom. The van der Waals surface area contributed by atoms with Crippen LogP contribution >= 0.6 is 63.5 Å². The molecule has 0 aliphatic rings. The molecule has 21 heavy (non-hydrogen) atoms. The molecule has 0 saturated carbocycles. The van der Waals surface area contributed by atoms with E-state index in [2.05, 4.69) is 0 Å². The molecule has 2 aromatic rings. The summed E-state index contributed by atoms with van der Waals surface area (Å²) in [7, 11) is -1.45. The van der Waals surface area contributed by atoms with Crippen LogP contribution in [0.2, 0.25) is 20.1 Å². The van der Waals surface area contributed by atoms with Gasteiger partial charge in [-0.15, -0.1) is 0 Å². The van der Waals surface area contributed by atoms with Crippen LogP contribution in [0.1, 0.15) is 0 Å². The molecule has 2 rings (SSSR count). The van der Waals surface area contributed by atoms with Crippen molar-refractivity contribution in [2.45, 2.75) is 9.79 Å². The maximum atomic E-state index is 10.1. The monoisotopic (exact) mass is 422 g/mol. The SMILES string of the molecule is OP(O)(Cl)=S(c1c(Cl)cccc1Cl)c1c(Cl)cccc1Cl. The maximum absolute atomic E-state index is 10.1. The molecule has 0 atom stereocenters. The van der Waals surface area contributed by atoms with Crippen molar-refractivity contribution < 1.29 is 9.79 Å². The second-order valence-corrected chi connectivity index (χ2v) is 12.5. The highest BCUT2D eigenvalue weighted by molar-refractivity contribution is 8.37. The maximum Gasteiger partial charge on any atom is 0.244 e. The average molecular weight is 425 g/mol. The lowest BCUT2D eigenvalue weighted by Crippen LogP contribution is -1.99. The van der Waals surface area contributed by atoms with Crippen LogP contribution in [-0.2, 0) is 10.1 Å². The Morgan fingerprint density at radius 2 is 1.00 bits per heavy atom. The van der Waals surface area contributed by atoms with Crippen LogP contribution in [0.5, 0.6) is 0 Å². The van der Waals surface area contributed by atoms with Gasteiger partial charge in [-0.1, -0.05) is 68.6 Å². The molecule has 0 aliphatic carbocycles. The number of benzene rings is 2. The minimum absolute atomic E-state index is 0.259. The van der Waals surface area contributed by atoms with E-state index in [4.69, 9.17) is 57.6 Å². The molecule has 0 heterocycles. The zero-order chi connectivity index (χ0) is 15.8. The van der Waals surface area contributed by atoms with Gasteiger partial charge in [-0.2, -0.15) is 0 Å². The smallest absolute Gasteiger partial charge is 0.244 e. The fraction of sp³-hybridized carbons (Fsp3) is 0. The molecule has 0 unspecified atom stereocenters. The van der Waals surface area contributed by atoms with E-state index in [0.717, 1.165) is 0 Å². The summed E-state index contributed by atoms with van der Waals surface area (Å²) in [6, 6.07) is 9.63. The third-order valence-electron chi connectivity index (χ3n) is 2.46. The molecule has 0 radical (unpaired) electrons. The lowest BCUT2D eigenvalue weighted by Gasteiger charge is -2.20. The molecule has 0 amide bonds. The Morgan fingerprint density at radius 3 is 1.24 bits per heavy atom. The van der Waals surface area contributed by atoms with Gasteiger partial charge in [0.05, 0.1) is 20.1 Å². The largest absolute Gasteiger partial charge is 0.337 e. The van der Waals surface area contributed by atoms with Crippen molar-refractivity contribution in [3.63, 3.8) is 0 Å². The van der Waals surface area contributed by atoms with Crippen LogP contribution in [0.3, 0.4) is 0 Å². The standard InChI is InChI=1S/C12H8Cl5O2PS/c13-7-3-1-4-8(14)11(7)21(20(17,18)19)12-9(15)5-2-6-10(12)16/h1-6,18-19H. The van der Waals surface area contributed by atoms with Gasteiger partial charge < -0.3 is 9.79 Å². The summed E-state index contributed by atoms with van der Waals surface area (Å²) >= 11 is 30.5. The number of hydrogen-bond donors (Lipinski definition) is 2. The van der Waals surface area contributed by atoms with E-state index in [1.807, 2.05) is 0 Å². The number of halogens is 5. The van der Waals surface area contributed by atoms with Gasteiger partial charge in [0.15, 0.2) is 0 Å². The van der Waals surface area contributed by atoms with Crippen LogP contribution in [0.4, 0.5) is 0 Å². The van der Waals surface area contributed by atoms with Gasteiger partial charge in [0.2, 0.25) is 5.84 Å². The highest BCUT2D eigenvalue weighted by atomic mass is 35.7. The van der Waals surface area contributed by atoms with Gasteiger partial charge in [-0.25, -0.2) is 0 Å². The molecule has 2 N–H and O–H groups in total. The van der Waals surface area contributed by atoms with Crippen LogP contribution in [-0.4, -0.2) is 9.79 Å². The van der Waals surface area contributed by atoms with Crippen molar-refractivity contribution in [1.82, 2.24) is 0 Å². The average Bonchev–Trinajstić information content (AvgIpc) is 2.35. The second-order valence-electron chi connectivity index (χ2n) is 3.86. The van der Waals surface area contributed by atoms with Crippen LogP contribution in [0.25, 0.3) is 0 Å². The summed E-state index contributed by atoms with van der Waals surface area (Å²) in [5, 5.41) is 1.04. The minimum Gasteiger partial charge on any atom is -0.337 e. The van der Waals surface area contributed by atoms with Gasteiger partial charge in [0, 0.05) is 9.79 Å². The van der Waals surface area contributed by atoms with Gasteiger partial charge in [-0.3, -0.25) is 0 Å². The molecular formula is C12H8Cl5O2PS. The molecule has 0 aromatic heterocycles. The molecule has 0 spiro atoms. The zero-order valence-electron chi connectivity index (χ0n) is 10.1. The molecule has 2 nitrogen and oxygen atoms in total. The number of hydrogen-bond acceptors (Lipinski definition) is 0. The van der Waals surface area contributed by atoms with E-state index in [-0.39, 0.29) is 20.1 Å². The van der Waals surface area contributed by atoms with Crippen LogP contribution < -0.4 is 0 Å². The molecule has 0 bridgehead atoms. The first kappa shape index (κ1) is 17.9. The van der Waals surface area contributed by atoms with Crippen molar-refractivity contribution in [1.29, 1.82) is 0 Å². The quantitative estimate of drug-likeness (QED) is 0.561. The molecular weight excluding hydrogens is 416 g/mol. The Bertz CT molecular complexity index is 657.